The van der Waals surface area contributed by atoms with Crippen LogP contribution in [0.25, 0.3) is 27.9 Å². The van der Waals surface area contributed by atoms with Crippen molar-refractivity contribution in [3.63, 3.8) is 0 Å². The summed E-state index contributed by atoms with van der Waals surface area (Å²) in [5.41, 5.74) is 2.76. The van der Waals surface area contributed by atoms with Crippen LogP contribution in [0.2, 0.25) is 0 Å². The van der Waals surface area contributed by atoms with Gasteiger partial charge >= 0.3 is 11.9 Å². The number of benzene rings is 3. The van der Waals surface area contributed by atoms with Crippen LogP contribution in [-0.4, -0.2) is 36.2 Å². The summed E-state index contributed by atoms with van der Waals surface area (Å²) in [4.78, 5) is 28.1. The molecule has 0 spiro atoms. The molecule has 6 nitrogen and oxygen atoms in total. The largest absolute Gasteiger partial charge is 0.486 e. The van der Waals surface area contributed by atoms with E-state index in [2.05, 4.69) is 11.1 Å². The third-order valence-electron chi connectivity index (χ3n) is 5.22. The molecule has 174 valence electrons. The Hall–Kier alpha value is -4.06. The number of rotatable bonds is 6. The van der Waals surface area contributed by atoms with E-state index in [1.165, 1.54) is 7.11 Å². The number of ether oxygens (including phenoxy) is 3. The predicted molar refractivity (Wildman–Crippen MR) is 133 cm³/mol. The smallest absolute Gasteiger partial charge is 0.338 e. The van der Waals surface area contributed by atoms with E-state index in [0.717, 1.165) is 27.4 Å². The zero-order valence-corrected chi connectivity index (χ0v) is 19.7. The molecule has 6 heteroatoms. The molecule has 0 unspecified atom stereocenters. The fourth-order valence-corrected chi connectivity index (χ4v) is 3.66. The Labute approximate surface area is 198 Å². The van der Waals surface area contributed by atoms with Gasteiger partial charge in [-0.3, -0.25) is 0 Å². The highest BCUT2D eigenvalue weighted by Gasteiger charge is 2.21. The maximum atomic E-state index is 13.0. The van der Waals surface area contributed by atoms with Gasteiger partial charge in [-0.2, -0.15) is 0 Å². The van der Waals surface area contributed by atoms with Crippen molar-refractivity contribution >= 4 is 39.8 Å². The van der Waals surface area contributed by atoms with Crippen LogP contribution < -0.4 is 4.74 Å². The lowest BCUT2D eigenvalue weighted by atomic mass is 10.1. The summed E-state index contributed by atoms with van der Waals surface area (Å²) >= 11 is 0. The number of aromatic amines is 1. The molecule has 34 heavy (non-hydrogen) atoms. The number of fused-ring (bicyclic) bond motifs is 3. The quantitative estimate of drug-likeness (QED) is 0.288. The van der Waals surface area contributed by atoms with Crippen LogP contribution in [-0.2, 0) is 14.3 Å². The number of carbonyl (C=O) groups is 2. The number of hydrogen-bond acceptors (Lipinski definition) is 5. The van der Waals surface area contributed by atoms with E-state index in [0.29, 0.717) is 16.9 Å². The second-order valence-corrected chi connectivity index (χ2v) is 8.92. The average Bonchev–Trinajstić information content (AvgIpc) is 3.20. The summed E-state index contributed by atoms with van der Waals surface area (Å²) in [6.07, 6.45) is 1.71. The molecule has 0 radical (unpaired) electrons. The van der Waals surface area contributed by atoms with Crippen molar-refractivity contribution in [3.05, 3.63) is 83.4 Å². The number of carbonyl (C=O) groups excluding carboxylic acids is 2. The highest BCUT2D eigenvalue weighted by Crippen LogP contribution is 2.32. The van der Waals surface area contributed by atoms with Gasteiger partial charge in [0.2, 0.25) is 0 Å². The normalized spacial score (nSPS) is 12.1. The fraction of sp³-hybridized carbons (Fsp3) is 0.214. The first-order chi connectivity index (χ1) is 16.2. The molecule has 0 amide bonds. The molecule has 0 aliphatic heterocycles. The summed E-state index contributed by atoms with van der Waals surface area (Å²) < 4.78 is 16.5. The van der Waals surface area contributed by atoms with E-state index in [9.17, 15) is 9.59 Å². The van der Waals surface area contributed by atoms with Crippen molar-refractivity contribution in [1.29, 1.82) is 0 Å². The monoisotopic (exact) mass is 457 g/mol. The van der Waals surface area contributed by atoms with Gasteiger partial charge in [0.25, 0.3) is 0 Å². The molecule has 0 aliphatic rings. The molecule has 0 atom stereocenters. The van der Waals surface area contributed by atoms with E-state index in [1.807, 2.05) is 57.2 Å². The van der Waals surface area contributed by atoms with Gasteiger partial charge in [0.15, 0.2) is 0 Å². The average molecular weight is 458 g/mol. The van der Waals surface area contributed by atoms with Crippen LogP contribution in [0.3, 0.4) is 0 Å². The van der Waals surface area contributed by atoms with Gasteiger partial charge in [-0.15, -0.1) is 0 Å². The van der Waals surface area contributed by atoms with E-state index in [-0.39, 0.29) is 6.61 Å². The first-order valence-corrected chi connectivity index (χ1v) is 11.0. The minimum absolute atomic E-state index is 0.0160. The molecule has 0 bridgehead atoms. The summed E-state index contributed by atoms with van der Waals surface area (Å²) in [6.45, 7) is 5.47. The van der Waals surface area contributed by atoms with Gasteiger partial charge in [0, 0.05) is 16.3 Å². The zero-order chi connectivity index (χ0) is 24.3. The van der Waals surface area contributed by atoms with Crippen LogP contribution in [0.1, 0.15) is 36.7 Å². The molecule has 1 aromatic heterocycles. The van der Waals surface area contributed by atoms with Crippen LogP contribution in [0.4, 0.5) is 0 Å². The Morgan fingerprint density at radius 1 is 0.912 bits per heavy atom. The van der Waals surface area contributed by atoms with Gasteiger partial charge in [0.05, 0.1) is 23.8 Å². The number of para-hydroxylation sites is 2. The summed E-state index contributed by atoms with van der Waals surface area (Å²) in [6, 6.07) is 20.7. The lowest BCUT2D eigenvalue weighted by molar-refractivity contribution is -0.150. The van der Waals surface area contributed by atoms with Crippen molar-refractivity contribution in [2.75, 3.05) is 13.7 Å². The lowest BCUT2D eigenvalue weighted by Gasteiger charge is -2.21. The van der Waals surface area contributed by atoms with E-state index in [1.54, 1.807) is 30.3 Å². The molecule has 0 aliphatic carbocycles. The van der Waals surface area contributed by atoms with Gasteiger partial charge in [-0.05, 0) is 56.7 Å². The standard InChI is InChI=1S/C28H27NO5/c1-28(2,3)34-27(31)20(16-18-12-14-19(15-13-18)26(30)32-4)17-33-24-11-7-9-22-21-8-5-6-10-23(21)29-25(22)24/h5-16,29H,17H2,1-4H3. The molecule has 0 fully saturated rings. The first-order valence-electron chi connectivity index (χ1n) is 11.0. The van der Waals surface area contributed by atoms with Gasteiger partial charge in [-0.25, -0.2) is 9.59 Å². The Kier molecular flexibility index (Phi) is 6.41. The first kappa shape index (κ1) is 23.1. The molecule has 1 N–H and O–H groups in total. The van der Waals surface area contributed by atoms with Crippen molar-refractivity contribution in [2.45, 2.75) is 26.4 Å². The third-order valence-corrected chi connectivity index (χ3v) is 5.22. The predicted octanol–water partition coefficient (Wildman–Crippen LogP) is 5.91. The van der Waals surface area contributed by atoms with Crippen LogP contribution in [0.5, 0.6) is 5.75 Å². The molecule has 3 aromatic carbocycles. The SMILES string of the molecule is COC(=O)c1ccc(C=C(COc2cccc3c2[nH]c2ccccc23)C(=O)OC(C)(C)C)cc1. The van der Waals surface area contributed by atoms with Crippen LogP contribution in [0.15, 0.2) is 72.3 Å². The Morgan fingerprint density at radius 2 is 1.62 bits per heavy atom. The summed E-state index contributed by atoms with van der Waals surface area (Å²) in [7, 11) is 1.34. The molecular formula is C28H27NO5. The number of hydrogen-bond donors (Lipinski definition) is 1. The van der Waals surface area contributed by atoms with Crippen molar-refractivity contribution in [2.24, 2.45) is 0 Å². The minimum Gasteiger partial charge on any atom is -0.486 e. The number of H-pyrrole nitrogens is 1. The molecule has 4 aromatic rings. The molecule has 1 heterocycles. The number of esters is 2. The molecule has 4 rings (SSSR count). The highest BCUT2D eigenvalue weighted by molar-refractivity contribution is 6.09. The van der Waals surface area contributed by atoms with E-state index in [4.69, 9.17) is 14.2 Å². The van der Waals surface area contributed by atoms with Gasteiger partial charge < -0.3 is 19.2 Å². The van der Waals surface area contributed by atoms with Crippen molar-refractivity contribution in [1.82, 2.24) is 4.98 Å². The number of nitrogens with one attached hydrogen (secondary N) is 1. The van der Waals surface area contributed by atoms with E-state index < -0.39 is 17.5 Å². The Bertz CT molecular complexity index is 1370. The van der Waals surface area contributed by atoms with Crippen molar-refractivity contribution < 1.29 is 23.8 Å². The maximum Gasteiger partial charge on any atom is 0.338 e. The van der Waals surface area contributed by atoms with Crippen LogP contribution in [0, 0.1) is 0 Å². The second kappa shape index (κ2) is 9.43. The summed E-state index contributed by atoms with van der Waals surface area (Å²) in [5, 5.41) is 2.16. The topological polar surface area (TPSA) is 77.6 Å². The van der Waals surface area contributed by atoms with Gasteiger partial charge in [-0.1, -0.05) is 42.5 Å². The number of aromatic nitrogens is 1. The minimum atomic E-state index is -0.651. The zero-order valence-electron chi connectivity index (χ0n) is 19.7. The Balaban J connectivity index is 1.64. The van der Waals surface area contributed by atoms with E-state index >= 15 is 0 Å². The maximum absolute atomic E-state index is 13.0. The molecule has 0 saturated heterocycles. The highest BCUT2D eigenvalue weighted by atomic mass is 16.6. The molecule has 0 saturated carbocycles. The van der Waals surface area contributed by atoms with Crippen LogP contribution >= 0.6 is 0 Å². The van der Waals surface area contributed by atoms with Gasteiger partial charge in [0.1, 0.15) is 18.0 Å². The summed E-state index contributed by atoms with van der Waals surface area (Å²) in [5.74, 6) is -0.241. The Morgan fingerprint density at radius 3 is 2.32 bits per heavy atom. The molecular weight excluding hydrogens is 430 g/mol. The second-order valence-electron chi connectivity index (χ2n) is 8.92. The third kappa shape index (κ3) is 5.12. The number of methoxy groups -OCH3 is 1. The fourth-order valence-electron chi connectivity index (χ4n) is 3.66. The lowest BCUT2D eigenvalue weighted by Crippen LogP contribution is -2.26. The van der Waals surface area contributed by atoms with Crippen molar-refractivity contribution in [3.8, 4) is 5.75 Å².